The van der Waals surface area contributed by atoms with Gasteiger partial charge < -0.3 is 4.90 Å². The van der Waals surface area contributed by atoms with E-state index in [2.05, 4.69) is 9.89 Å². The summed E-state index contributed by atoms with van der Waals surface area (Å²) in [5, 5.41) is 0. The summed E-state index contributed by atoms with van der Waals surface area (Å²) in [4.78, 5) is 6.24. The number of likely N-dealkylation sites (tertiary alicyclic amines) is 1. The zero-order valence-corrected chi connectivity index (χ0v) is 6.01. The Hall–Kier alpha value is -0.530. The molecule has 0 aromatic heterocycles. The third-order valence-corrected chi connectivity index (χ3v) is 1.67. The van der Waals surface area contributed by atoms with Crippen molar-refractivity contribution in [3.63, 3.8) is 0 Å². The fraction of sp³-hybridized carbons (Fsp3) is 0.857. The standard InChI is InChI=1S/C7H14N2/c1-8-7-9-5-3-2-4-6-9/h7H,2-6H2,1H3. The maximum Gasteiger partial charge on any atom is 0.0846 e. The van der Waals surface area contributed by atoms with Crippen LogP contribution in [0.3, 0.4) is 0 Å². The molecule has 0 amide bonds. The zero-order valence-electron chi connectivity index (χ0n) is 6.01. The average molecular weight is 126 g/mol. The molecule has 0 bridgehead atoms. The molecule has 0 N–H and O–H groups in total. The molecule has 0 radical (unpaired) electrons. The van der Waals surface area contributed by atoms with Gasteiger partial charge in [0.2, 0.25) is 0 Å². The van der Waals surface area contributed by atoms with Gasteiger partial charge in [0.1, 0.15) is 0 Å². The summed E-state index contributed by atoms with van der Waals surface area (Å²) in [5.41, 5.74) is 0. The molecule has 0 spiro atoms. The number of hydrogen-bond donors (Lipinski definition) is 0. The largest absolute Gasteiger partial charge is 0.363 e. The highest BCUT2D eigenvalue weighted by atomic mass is 15.1. The Balaban J connectivity index is 2.23. The monoisotopic (exact) mass is 126 g/mol. The molecule has 1 aliphatic rings. The van der Waals surface area contributed by atoms with Gasteiger partial charge in [0.05, 0.1) is 6.34 Å². The summed E-state index contributed by atoms with van der Waals surface area (Å²) < 4.78 is 0. The van der Waals surface area contributed by atoms with Gasteiger partial charge in [-0.2, -0.15) is 0 Å². The van der Waals surface area contributed by atoms with Gasteiger partial charge in [-0.3, -0.25) is 4.99 Å². The van der Waals surface area contributed by atoms with Gasteiger partial charge >= 0.3 is 0 Å². The summed E-state index contributed by atoms with van der Waals surface area (Å²) in [6.45, 7) is 2.41. The van der Waals surface area contributed by atoms with Gasteiger partial charge in [-0.25, -0.2) is 0 Å². The third-order valence-electron chi connectivity index (χ3n) is 1.67. The zero-order chi connectivity index (χ0) is 6.53. The Morgan fingerprint density at radius 3 is 2.44 bits per heavy atom. The molecule has 1 saturated heterocycles. The van der Waals surface area contributed by atoms with Crippen molar-refractivity contribution in [3.8, 4) is 0 Å². The molecule has 0 aliphatic carbocycles. The first-order valence-corrected chi connectivity index (χ1v) is 3.60. The second kappa shape index (κ2) is 3.49. The van der Waals surface area contributed by atoms with E-state index in [4.69, 9.17) is 0 Å². The van der Waals surface area contributed by atoms with Crippen LogP contribution in [-0.2, 0) is 0 Å². The lowest BCUT2D eigenvalue weighted by molar-refractivity contribution is 0.350. The minimum absolute atomic E-state index is 1.21. The first-order valence-electron chi connectivity index (χ1n) is 3.60. The van der Waals surface area contributed by atoms with E-state index in [1.807, 2.05) is 13.4 Å². The lowest BCUT2D eigenvalue weighted by atomic mass is 10.1. The summed E-state index contributed by atoms with van der Waals surface area (Å²) in [6.07, 6.45) is 6.02. The van der Waals surface area contributed by atoms with Crippen molar-refractivity contribution in [2.45, 2.75) is 19.3 Å². The van der Waals surface area contributed by atoms with E-state index in [-0.39, 0.29) is 0 Å². The quantitative estimate of drug-likeness (QED) is 0.380. The maximum atomic E-state index is 3.96. The molecule has 0 aromatic rings. The second-order valence-electron chi connectivity index (χ2n) is 2.47. The molecule has 0 aromatic carbocycles. The van der Waals surface area contributed by atoms with Crippen LogP contribution in [0.1, 0.15) is 19.3 Å². The summed E-state index contributed by atoms with van der Waals surface area (Å²) in [6, 6.07) is 0. The van der Waals surface area contributed by atoms with Crippen LogP contribution in [0.2, 0.25) is 0 Å². The Morgan fingerprint density at radius 2 is 1.89 bits per heavy atom. The van der Waals surface area contributed by atoms with Crippen molar-refractivity contribution in [1.29, 1.82) is 0 Å². The van der Waals surface area contributed by atoms with E-state index >= 15 is 0 Å². The maximum absolute atomic E-state index is 3.96. The van der Waals surface area contributed by atoms with Crippen LogP contribution in [0.25, 0.3) is 0 Å². The minimum atomic E-state index is 1.21. The van der Waals surface area contributed by atoms with Crippen LogP contribution >= 0.6 is 0 Å². The third kappa shape index (κ3) is 2.04. The number of nitrogens with zero attached hydrogens (tertiary/aromatic N) is 2. The highest BCUT2D eigenvalue weighted by Crippen LogP contribution is 2.05. The topological polar surface area (TPSA) is 15.6 Å². The Labute approximate surface area is 56.6 Å². The van der Waals surface area contributed by atoms with Crippen LogP contribution in [0.5, 0.6) is 0 Å². The minimum Gasteiger partial charge on any atom is -0.363 e. The van der Waals surface area contributed by atoms with E-state index in [9.17, 15) is 0 Å². The fourth-order valence-electron chi connectivity index (χ4n) is 1.20. The first-order chi connectivity index (χ1) is 4.43. The number of hydrogen-bond acceptors (Lipinski definition) is 1. The van der Waals surface area contributed by atoms with Crippen molar-refractivity contribution in [2.24, 2.45) is 4.99 Å². The van der Waals surface area contributed by atoms with Gasteiger partial charge in [0, 0.05) is 20.1 Å². The molecule has 0 atom stereocenters. The molecule has 2 nitrogen and oxygen atoms in total. The van der Waals surface area contributed by atoms with Gasteiger partial charge in [-0.1, -0.05) is 0 Å². The van der Waals surface area contributed by atoms with Crippen LogP contribution < -0.4 is 0 Å². The number of rotatable bonds is 1. The van der Waals surface area contributed by atoms with E-state index in [1.165, 1.54) is 32.4 Å². The number of piperidine rings is 1. The van der Waals surface area contributed by atoms with Crippen molar-refractivity contribution in [2.75, 3.05) is 20.1 Å². The fourth-order valence-corrected chi connectivity index (χ4v) is 1.20. The van der Waals surface area contributed by atoms with Crippen molar-refractivity contribution < 1.29 is 0 Å². The number of aliphatic imine (C=N–C) groups is 1. The molecule has 52 valence electrons. The summed E-state index contributed by atoms with van der Waals surface area (Å²) in [7, 11) is 1.83. The highest BCUT2D eigenvalue weighted by molar-refractivity contribution is 5.54. The molecule has 1 aliphatic heterocycles. The van der Waals surface area contributed by atoms with Gasteiger partial charge in [-0.05, 0) is 19.3 Å². The SMILES string of the molecule is CN=CN1CCCCC1. The predicted molar refractivity (Wildman–Crippen MR) is 39.8 cm³/mol. The lowest BCUT2D eigenvalue weighted by Crippen LogP contribution is -2.27. The molecule has 0 unspecified atom stereocenters. The van der Waals surface area contributed by atoms with E-state index in [0.29, 0.717) is 0 Å². The Kier molecular flexibility index (Phi) is 2.55. The van der Waals surface area contributed by atoms with Crippen LogP contribution in [0, 0.1) is 0 Å². The molecule has 1 heterocycles. The van der Waals surface area contributed by atoms with E-state index in [1.54, 1.807) is 0 Å². The highest BCUT2D eigenvalue weighted by Gasteiger charge is 2.04. The smallest absolute Gasteiger partial charge is 0.0846 e. The predicted octanol–water partition coefficient (Wildman–Crippen LogP) is 1.13. The summed E-state index contributed by atoms with van der Waals surface area (Å²) >= 11 is 0. The van der Waals surface area contributed by atoms with Gasteiger partial charge in [-0.15, -0.1) is 0 Å². The molecular weight excluding hydrogens is 112 g/mol. The Morgan fingerprint density at radius 1 is 1.22 bits per heavy atom. The van der Waals surface area contributed by atoms with Crippen LogP contribution in [0.4, 0.5) is 0 Å². The van der Waals surface area contributed by atoms with Crippen molar-refractivity contribution >= 4 is 6.34 Å². The molecule has 9 heavy (non-hydrogen) atoms. The first kappa shape index (κ1) is 6.59. The summed E-state index contributed by atoms with van der Waals surface area (Å²) in [5.74, 6) is 0. The molecule has 1 fully saturated rings. The van der Waals surface area contributed by atoms with Crippen molar-refractivity contribution in [1.82, 2.24) is 4.90 Å². The lowest BCUT2D eigenvalue weighted by Gasteiger charge is -2.23. The molecule has 1 rings (SSSR count). The van der Waals surface area contributed by atoms with Gasteiger partial charge in [0.25, 0.3) is 0 Å². The molecular formula is C7H14N2. The van der Waals surface area contributed by atoms with E-state index in [0.717, 1.165) is 0 Å². The Bertz CT molecular complexity index is 93.1. The second-order valence-corrected chi connectivity index (χ2v) is 2.47. The van der Waals surface area contributed by atoms with Crippen LogP contribution in [0.15, 0.2) is 4.99 Å². The normalized spacial score (nSPS) is 21.2. The average Bonchev–Trinajstić information content (AvgIpc) is 1.91. The van der Waals surface area contributed by atoms with Crippen molar-refractivity contribution in [3.05, 3.63) is 0 Å². The van der Waals surface area contributed by atoms with Gasteiger partial charge in [0.15, 0.2) is 0 Å². The van der Waals surface area contributed by atoms with Crippen LogP contribution in [-0.4, -0.2) is 31.4 Å². The molecule has 2 heteroatoms. The van der Waals surface area contributed by atoms with E-state index < -0.39 is 0 Å². The molecule has 0 saturated carbocycles.